The van der Waals surface area contributed by atoms with Crippen LogP contribution in [0.5, 0.6) is 0 Å². The summed E-state index contributed by atoms with van der Waals surface area (Å²) in [5.41, 5.74) is -0.389. The Hall–Kier alpha value is -0.770. The largest absolute Gasteiger partial charge is 0.463 e. The van der Waals surface area contributed by atoms with Crippen LogP contribution < -0.4 is 0 Å². The van der Waals surface area contributed by atoms with Gasteiger partial charge in [0.1, 0.15) is 0 Å². The molecule has 0 fully saturated rings. The van der Waals surface area contributed by atoms with Gasteiger partial charge >= 0.3 is 11.9 Å². The van der Waals surface area contributed by atoms with Gasteiger partial charge in [0.25, 0.3) is 0 Å². The van der Waals surface area contributed by atoms with E-state index in [-0.39, 0.29) is 24.0 Å². The van der Waals surface area contributed by atoms with Crippen LogP contribution in [-0.4, -0.2) is 30.0 Å². The van der Waals surface area contributed by atoms with Crippen LogP contribution in [0.1, 0.15) is 55.4 Å². The molecule has 4 nitrogen and oxygen atoms in total. The molecule has 21 heavy (non-hydrogen) atoms. The zero-order chi connectivity index (χ0) is 17.1. The van der Waals surface area contributed by atoms with E-state index in [9.17, 15) is 9.59 Å². The number of hydrogen-bond acceptors (Lipinski definition) is 4. The first-order valence-electron chi connectivity index (χ1n) is 7.23. The topological polar surface area (TPSA) is 52.6 Å². The van der Waals surface area contributed by atoms with Crippen molar-refractivity contribution in [3.63, 3.8) is 0 Å². The zero-order valence-corrected chi connectivity index (χ0v) is 15.3. The van der Waals surface area contributed by atoms with Gasteiger partial charge in [0.15, 0.2) is 0 Å². The van der Waals surface area contributed by atoms with Gasteiger partial charge < -0.3 is 9.47 Å². The number of esters is 2. The average Bonchev–Trinajstić information content (AvgIpc) is 2.29. The normalized spacial score (nSPS) is 13.2. The first-order valence-corrected chi connectivity index (χ1v) is 7.61. The van der Waals surface area contributed by atoms with Crippen LogP contribution in [0, 0.1) is 16.7 Å². The SMILES string of the molecule is CC(C)C(Cl)(C(=O)OCC(C)(C)C)C(=O)OCC(C)(C)C. The molecule has 0 aromatic heterocycles. The Morgan fingerprint density at radius 2 is 1.14 bits per heavy atom. The lowest BCUT2D eigenvalue weighted by molar-refractivity contribution is -0.164. The second-order valence-electron chi connectivity index (χ2n) is 8.14. The Morgan fingerprint density at radius 1 is 0.857 bits per heavy atom. The van der Waals surface area contributed by atoms with Gasteiger partial charge in [-0.25, -0.2) is 9.59 Å². The molecular formula is C16H29ClO4. The highest BCUT2D eigenvalue weighted by Gasteiger charge is 2.50. The molecule has 0 unspecified atom stereocenters. The van der Waals surface area contributed by atoms with E-state index in [1.54, 1.807) is 13.8 Å². The molecule has 0 aliphatic heterocycles. The molecular weight excluding hydrogens is 292 g/mol. The van der Waals surface area contributed by atoms with Gasteiger partial charge in [-0.15, -0.1) is 0 Å². The lowest BCUT2D eigenvalue weighted by atomic mass is 9.93. The Kier molecular flexibility index (Phi) is 6.74. The molecule has 0 heterocycles. The maximum absolute atomic E-state index is 12.3. The predicted octanol–water partition coefficient (Wildman–Crippen LogP) is 3.80. The molecule has 0 aliphatic carbocycles. The van der Waals surface area contributed by atoms with Crippen LogP contribution in [0.3, 0.4) is 0 Å². The van der Waals surface area contributed by atoms with Crippen molar-refractivity contribution in [3.8, 4) is 0 Å². The third kappa shape index (κ3) is 6.68. The summed E-state index contributed by atoms with van der Waals surface area (Å²) in [4.78, 5) is 22.7. The summed E-state index contributed by atoms with van der Waals surface area (Å²) in [6.45, 7) is 15.4. The standard InChI is InChI=1S/C16H29ClO4/c1-11(2)16(17,12(18)20-9-14(3,4)5)13(19)21-10-15(6,7)8/h11H,9-10H2,1-8H3. The predicted molar refractivity (Wildman–Crippen MR) is 84.3 cm³/mol. The van der Waals surface area contributed by atoms with Crippen LogP contribution in [0.25, 0.3) is 0 Å². The third-order valence-electron chi connectivity index (χ3n) is 2.66. The summed E-state index contributed by atoms with van der Waals surface area (Å²) in [5, 5.41) is 0. The number of halogens is 1. The Labute approximate surface area is 133 Å². The molecule has 0 N–H and O–H groups in total. The van der Waals surface area contributed by atoms with Gasteiger partial charge in [0, 0.05) is 0 Å². The molecule has 0 saturated carbocycles. The van der Waals surface area contributed by atoms with Gasteiger partial charge in [0.2, 0.25) is 4.87 Å². The van der Waals surface area contributed by atoms with Crippen molar-refractivity contribution in [2.75, 3.05) is 13.2 Å². The lowest BCUT2D eigenvalue weighted by Gasteiger charge is -2.29. The van der Waals surface area contributed by atoms with Crippen molar-refractivity contribution in [2.45, 2.75) is 60.3 Å². The summed E-state index contributed by atoms with van der Waals surface area (Å²) in [6, 6.07) is 0. The molecule has 0 aliphatic rings. The number of hydrogen-bond donors (Lipinski definition) is 0. The van der Waals surface area contributed by atoms with Crippen LogP contribution in [0.4, 0.5) is 0 Å². The van der Waals surface area contributed by atoms with E-state index < -0.39 is 22.7 Å². The van der Waals surface area contributed by atoms with E-state index in [4.69, 9.17) is 21.1 Å². The monoisotopic (exact) mass is 320 g/mol. The van der Waals surface area contributed by atoms with Crippen molar-refractivity contribution in [1.82, 2.24) is 0 Å². The number of rotatable bonds is 5. The third-order valence-corrected chi connectivity index (χ3v) is 3.41. The lowest BCUT2D eigenvalue weighted by Crippen LogP contribution is -2.49. The molecule has 0 aromatic carbocycles. The van der Waals surface area contributed by atoms with Gasteiger partial charge in [0.05, 0.1) is 13.2 Å². The van der Waals surface area contributed by atoms with Crippen molar-refractivity contribution >= 4 is 23.5 Å². The second-order valence-corrected chi connectivity index (χ2v) is 8.74. The zero-order valence-electron chi connectivity index (χ0n) is 14.5. The van der Waals surface area contributed by atoms with Crippen LogP contribution >= 0.6 is 11.6 Å². The molecule has 0 bridgehead atoms. The summed E-state index contributed by atoms with van der Waals surface area (Å²) in [6.07, 6.45) is 0. The van der Waals surface area contributed by atoms with Gasteiger partial charge in [-0.2, -0.15) is 0 Å². The minimum Gasteiger partial charge on any atom is -0.463 e. The highest BCUT2D eigenvalue weighted by Crippen LogP contribution is 2.30. The highest BCUT2D eigenvalue weighted by molar-refractivity contribution is 6.44. The molecule has 0 rings (SSSR count). The molecule has 0 radical (unpaired) electrons. The van der Waals surface area contributed by atoms with E-state index in [2.05, 4.69) is 0 Å². The van der Waals surface area contributed by atoms with Crippen molar-refractivity contribution in [2.24, 2.45) is 16.7 Å². The van der Waals surface area contributed by atoms with Gasteiger partial charge in [-0.3, -0.25) is 0 Å². The van der Waals surface area contributed by atoms with Crippen LogP contribution in [-0.2, 0) is 19.1 Å². The van der Waals surface area contributed by atoms with E-state index in [1.165, 1.54) is 0 Å². The number of alkyl halides is 1. The molecule has 0 aromatic rings. The fourth-order valence-corrected chi connectivity index (χ4v) is 1.44. The van der Waals surface area contributed by atoms with E-state index in [1.807, 2.05) is 41.5 Å². The summed E-state index contributed by atoms with van der Waals surface area (Å²) >= 11 is 6.28. The molecule has 124 valence electrons. The molecule has 0 atom stereocenters. The second kappa shape index (κ2) is 6.99. The molecule has 5 heteroatoms. The van der Waals surface area contributed by atoms with Crippen LogP contribution in [0.2, 0.25) is 0 Å². The van der Waals surface area contributed by atoms with Crippen molar-refractivity contribution < 1.29 is 19.1 Å². The smallest absolute Gasteiger partial charge is 0.339 e. The maximum atomic E-state index is 12.3. The summed E-state index contributed by atoms with van der Waals surface area (Å²) in [7, 11) is 0. The summed E-state index contributed by atoms with van der Waals surface area (Å²) in [5.74, 6) is -1.92. The van der Waals surface area contributed by atoms with Crippen molar-refractivity contribution in [1.29, 1.82) is 0 Å². The Bertz CT molecular complexity index is 345. The summed E-state index contributed by atoms with van der Waals surface area (Å²) < 4.78 is 10.4. The minimum atomic E-state index is -1.80. The van der Waals surface area contributed by atoms with E-state index in [0.29, 0.717) is 0 Å². The number of carbonyl (C=O) groups is 2. The highest BCUT2D eigenvalue weighted by atomic mass is 35.5. The first kappa shape index (κ1) is 20.2. The minimum absolute atomic E-state index is 0.194. The number of carbonyl (C=O) groups excluding carboxylic acids is 2. The van der Waals surface area contributed by atoms with Gasteiger partial charge in [-0.05, 0) is 16.7 Å². The van der Waals surface area contributed by atoms with Crippen LogP contribution in [0.15, 0.2) is 0 Å². The fraction of sp³-hybridized carbons (Fsp3) is 0.875. The fourth-order valence-electron chi connectivity index (χ4n) is 1.33. The van der Waals surface area contributed by atoms with Gasteiger partial charge in [-0.1, -0.05) is 67.0 Å². The van der Waals surface area contributed by atoms with Crippen molar-refractivity contribution in [3.05, 3.63) is 0 Å². The molecule has 0 saturated heterocycles. The maximum Gasteiger partial charge on any atom is 0.339 e. The van der Waals surface area contributed by atoms with E-state index >= 15 is 0 Å². The quantitative estimate of drug-likeness (QED) is 0.439. The molecule has 0 amide bonds. The first-order chi connectivity index (χ1) is 9.20. The van der Waals surface area contributed by atoms with E-state index in [0.717, 1.165) is 0 Å². The molecule has 0 spiro atoms. The Morgan fingerprint density at radius 3 is 1.33 bits per heavy atom. The number of ether oxygens (including phenoxy) is 2. The average molecular weight is 321 g/mol. The Balaban J connectivity index is 4.98.